The first-order chi connectivity index (χ1) is 12.1. The largest absolute Gasteiger partial charge is 0.466 e. The van der Waals surface area contributed by atoms with E-state index >= 15 is 0 Å². The minimum atomic E-state index is -0.0956. The molecule has 2 aromatic rings. The summed E-state index contributed by atoms with van der Waals surface area (Å²) in [4.78, 5) is 14.2. The third kappa shape index (κ3) is 3.99. The minimum Gasteiger partial charge on any atom is -0.466 e. The van der Waals surface area contributed by atoms with E-state index in [4.69, 9.17) is 17.0 Å². The van der Waals surface area contributed by atoms with Crippen molar-refractivity contribution in [2.45, 2.75) is 33.4 Å². The molecular formula is C18H24N4O2S. The van der Waals surface area contributed by atoms with Crippen molar-refractivity contribution in [2.75, 3.05) is 19.7 Å². The fourth-order valence-corrected chi connectivity index (χ4v) is 3.64. The molecule has 0 saturated carbocycles. The summed E-state index contributed by atoms with van der Waals surface area (Å²) in [5, 5.41) is 4.60. The first kappa shape index (κ1) is 17.8. The number of esters is 1. The summed E-state index contributed by atoms with van der Waals surface area (Å²) >= 11 is 5.63. The van der Waals surface area contributed by atoms with Gasteiger partial charge in [-0.2, -0.15) is 5.10 Å². The maximum Gasteiger partial charge on any atom is 0.310 e. The topological polar surface area (TPSA) is 52.3 Å². The molecule has 134 valence electrons. The van der Waals surface area contributed by atoms with Crippen LogP contribution in [-0.2, 0) is 16.2 Å². The van der Waals surface area contributed by atoms with Gasteiger partial charge in [0.25, 0.3) is 0 Å². The Kier molecular flexibility index (Phi) is 5.65. The molecule has 1 saturated heterocycles. The maximum absolute atomic E-state index is 12.0. The molecule has 0 bridgehead atoms. The average molecular weight is 360 g/mol. The number of para-hydroxylation sites is 1. The van der Waals surface area contributed by atoms with Crippen LogP contribution in [0.2, 0.25) is 0 Å². The van der Waals surface area contributed by atoms with Gasteiger partial charge in [-0.15, -0.1) is 0 Å². The molecule has 1 aliphatic rings. The van der Waals surface area contributed by atoms with Gasteiger partial charge in [0.15, 0.2) is 0 Å². The van der Waals surface area contributed by atoms with Crippen LogP contribution in [-0.4, -0.2) is 44.9 Å². The van der Waals surface area contributed by atoms with Gasteiger partial charge in [-0.3, -0.25) is 14.3 Å². The van der Waals surface area contributed by atoms with Crippen molar-refractivity contribution in [1.29, 1.82) is 0 Å². The Labute approximate surface area is 153 Å². The van der Waals surface area contributed by atoms with Gasteiger partial charge in [-0.1, -0.05) is 18.2 Å². The van der Waals surface area contributed by atoms with Crippen LogP contribution in [0.3, 0.4) is 0 Å². The number of rotatable bonds is 5. The van der Waals surface area contributed by atoms with Crippen molar-refractivity contribution < 1.29 is 9.53 Å². The normalized spacial score (nSPS) is 18.2. The molecule has 0 N–H and O–H groups in total. The van der Waals surface area contributed by atoms with Crippen molar-refractivity contribution in [2.24, 2.45) is 5.92 Å². The molecule has 1 aliphatic heterocycles. The number of ether oxygens (including phenoxy) is 1. The Hall–Kier alpha value is -1.99. The van der Waals surface area contributed by atoms with E-state index in [9.17, 15) is 4.79 Å². The van der Waals surface area contributed by atoms with Crippen molar-refractivity contribution in [3.05, 3.63) is 40.9 Å². The van der Waals surface area contributed by atoms with Crippen LogP contribution < -0.4 is 0 Å². The molecule has 0 spiro atoms. The number of nitrogens with zero attached hydrogens (tertiary/aromatic N) is 4. The van der Waals surface area contributed by atoms with Crippen LogP contribution >= 0.6 is 12.2 Å². The lowest BCUT2D eigenvalue weighted by Gasteiger charge is -2.31. The fourth-order valence-electron chi connectivity index (χ4n) is 3.31. The summed E-state index contributed by atoms with van der Waals surface area (Å²) < 4.78 is 9.65. The second-order valence-electron chi connectivity index (χ2n) is 6.31. The van der Waals surface area contributed by atoms with Crippen molar-refractivity contribution in [3.63, 3.8) is 0 Å². The highest BCUT2D eigenvalue weighted by Gasteiger charge is 2.27. The molecule has 1 fully saturated rings. The number of hydrogen-bond donors (Lipinski definition) is 0. The quantitative estimate of drug-likeness (QED) is 0.606. The maximum atomic E-state index is 12.0. The second-order valence-corrected chi connectivity index (χ2v) is 6.68. The van der Waals surface area contributed by atoms with Crippen LogP contribution in [0.4, 0.5) is 0 Å². The predicted octanol–water partition coefficient (Wildman–Crippen LogP) is 2.94. The molecule has 0 aliphatic carbocycles. The first-order valence-corrected chi connectivity index (χ1v) is 9.12. The number of piperidine rings is 1. The van der Waals surface area contributed by atoms with E-state index < -0.39 is 0 Å². The van der Waals surface area contributed by atoms with Gasteiger partial charge in [0.1, 0.15) is 5.82 Å². The Balaban J connectivity index is 1.75. The minimum absolute atomic E-state index is 0.0554. The zero-order valence-electron chi connectivity index (χ0n) is 14.7. The third-order valence-corrected chi connectivity index (χ3v) is 4.87. The highest BCUT2D eigenvalue weighted by Crippen LogP contribution is 2.19. The zero-order chi connectivity index (χ0) is 17.8. The Morgan fingerprint density at radius 3 is 2.84 bits per heavy atom. The lowest BCUT2D eigenvalue weighted by Crippen LogP contribution is -2.40. The third-order valence-electron chi connectivity index (χ3n) is 4.47. The predicted molar refractivity (Wildman–Crippen MR) is 98.1 cm³/mol. The number of hydrogen-bond acceptors (Lipinski definition) is 5. The SMILES string of the molecule is CCOC(=O)[C@H]1CCCN(Cn2nc(C)n(-c3ccccc3)c2=S)C1. The van der Waals surface area contributed by atoms with Crippen LogP contribution in [0.25, 0.3) is 5.69 Å². The van der Waals surface area contributed by atoms with E-state index in [1.165, 1.54) is 0 Å². The summed E-state index contributed by atoms with van der Waals surface area (Å²) in [6, 6.07) is 10.0. The lowest BCUT2D eigenvalue weighted by molar-refractivity contribution is -0.150. The molecule has 0 amide bonds. The van der Waals surface area contributed by atoms with Gasteiger partial charge in [0, 0.05) is 12.2 Å². The van der Waals surface area contributed by atoms with Crippen LogP contribution in [0.15, 0.2) is 30.3 Å². The highest BCUT2D eigenvalue weighted by atomic mass is 32.1. The standard InChI is InChI=1S/C18H24N4O2S/c1-3-24-17(23)15-8-7-11-20(12-15)13-21-18(25)22(14(2)19-21)16-9-5-4-6-10-16/h4-6,9-10,15H,3,7-8,11-13H2,1-2H3/t15-/m0/s1. The molecular weight excluding hydrogens is 336 g/mol. The summed E-state index contributed by atoms with van der Waals surface area (Å²) in [6.45, 7) is 6.46. The summed E-state index contributed by atoms with van der Waals surface area (Å²) in [5.74, 6) is 0.706. The van der Waals surface area contributed by atoms with E-state index in [0.717, 1.165) is 30.9 Å². The zero-order valence-corrected chi connectivity index (χ0v) is 15.5. The first-order valence-electron chi connectivity index (χ1n) is 8.71. The van der Waals surface area contributed by atoms with Crippen molar-refractivity contribution >= 4 is 18.2 Å². The van der Waals surface area contributed by atoms with Gasteiger partial charge in [-0.25, -0.2) is 4.68 Å². The van der Waals surface area contributed by atoms with Crippen molar-refractivity contribution in [3.8, 4) is 5.69 Å². The molecule has 1 atom stereocenters. The van der Waals surface area contributed by atoms with E-state index in [1.54, 1.807) is 0 Å². The second kappa shape index (κ2) is 7.93. The molecule has 1 aromatic carbocycles. The smallest absolute Gasteiger partial charge is 0.310 e. The number of likely N-dealkylation sites (tertiary alicyclic amines) is 1. The van der Waals surface area contributed by atoms with Crippen LogP contribution in [0.1, 0.15) is 25.6 Å². The number of aryl methyl sites for hydroxylation is 1. The van der Waals surface area contributed by atoms with E-state index in [2.05, 4.69) is 10.00 Å². The fraction of sp³-hybridized carbons (Fsp3) is 0.500. The number of aromatic nitrogens is 3. The molecule has 0 unspecified atom stereocenters. The van der Waals surface area contributed by atoms with Crippen molar-refractivity contribution in [1.82, 2.24) is 19.2 Å². The monoisotopic (exact) mass is 360 g/mol. The van der Waals surface area contributed by atoms with Crippen LogP contribution in [0, 0.1) is 17.6 Å². The van der Waals surface area contributed by atoms with Gasteiger partial charge in [-0.05, 0) is 57.6 Å². The van der Waals surface area contributed by atoms with Gasteiger partial charge in [0.05, 0.1) is 19.2 Å². The van der Waals surface area contributed by atoms with Crippen LogP contribution in [0.5, 0.6) is 0 Å². The van der Waals surface area contributed by atoms with Gasteiger partial charge >= 0.3 is 5.97 Å². The van der Waals surface area contributed by atoms with Gasteiger partial charge in [0.2, 0.25) is 4.77 Å². The lowest BCUT2D eigenvalue weighted by atomic mass is 9.99. The molecule has 25 heavy (non-hydrogen) atoms. The highest BCUT2D eigenvalue weighted by molar-refractivity contribution is 7.71. The molecule has 7 heteroatoms. The Morgan fingerprint density at radius 2 is 2.12 bits per heavy atom. The molecule has 3 rings (SSSR count). The van der Waals surface area contributed by atoms with E-state index in [0.29, 0.717) is 24.6 Å². The number of benzene rings is 1. The molecule has 6 nitrogen and oxygen atoms in total. The number of carbonyl (C=O) groups excluding carboxylic acids is 1. The summed E-state index contributed by atoms with van der Waals surface area (Å²) in [7, 11) is 0. The van der Waals surface area contributed by atoms with Gasteiger partial charge < -0.3 is 4.74 Å². The Bertz CT molecular complexity index is 784. The summed E-state index contributed by atoms with van der Waals surface area (Å²) in [6.07, 6.45) is 1.87. The average Bonchev–Trinajstić information content (AvgIpc) is 2.89. The molecule has 1 aromatic heterocycles. The Morgan fingerprint density at radius 1 is 1.36 bits per heavy atom. The molecule has 2 heterocycles. The molecule has 0 radical (unpaired) electrons. The van der Waals surface area contributed by atoms with E-state index in [-0.39, 0.29) is 11.9 Å². The summed E-state index contributed by atoms with van der Waals surface area (Å²) in [5.41, 5.74) is 1.01. The number of carbonyl (C=O) groups is 1. The van der Waals surface area contributed by atoms with E-state index in [1.807, 2.05) is 53.4 Å².